The van der Waals surface area contributed by atoms with E-state index in [1.807, 2.05) is 13.8 Å². The molecule has 1 N–H and O–H groups in total. The van der Waals surface area contributed by atoms with E-state index in [9.17, 15) is 4.79 Å². The maximum Gasteiger partial charge on any atom is 0.245 e. The first-order valence-corrected chi connectivity index (χ1v) is 7.54. The van der Waals surface area contributed by atoms with E-state index in [1.54, 1.807) is 10.6 Å². The molecule has 6 heteroatoms. The summed E-state index contributed by atoms with van der Waals surface area (Å²) in [6.07, 6.45) is 4.81. The third-order valence-corrected chi connectivity index (χ3v) is 4.17. The molecule has 0 saturated heterocycles. The number of rotatable bonds is 3. The van der Waals surface area contributed by atoms with Crippen LogP contribution < -0.4 is 16.3 Å². The Morgan fingerprint density at radius 3 is 2.76 bits per heavy atom. The highest BCUT2D eigenvalue weighted by Crippen LogP contribution is 2.22. The molecule has 1 saturated carbocycles. The third kappa shape index (κ3) is 2.54. The third-order valence-electron chi connectivity index (χ3n) is 4.17. The van der Waals surface area contributed by atoms with Gasteiger partial charge >= 0.3 is 0 Å². The predicted octanol–water partition coefficient (Wildman–Crippen LogP) is 1.27. The molecule has 1 fully saturated rings. The quantitative estimate of drug-likeness (QED) is 0.861. The average molecular weight is 282 g/mol. The molecule has 1 aliphatic rings. The molecule has 0 aliphatic heterocycles. The van der Waals surface area contributed by atoms with Crippen molar-refractivity contribution >= 4 is 30.3 Å². The Morgan fingerprint density at radius 2 is 2.10 bits per heavy atom. The Balaban J connectivity index is 2.12. The minimum atomic E-state index is -0.185. The summed E-state index contributed by atoms with van der Waals surface area (Å²) < 4.78 is 1.61. The molecular weight excluding hydrogens is 263 g/mol. The molecule has 2 aromatic rings. The number of hydrogen-bond acceptors (Lipinski definition) is 4. The van der Waals surface area contributed by atoms with Crippen molar-refractivity contribution in [2.24, 2.45) is 0 Å². The summed E-state index contributed by atoms with van der Waals surface area (Å²) in [6, 6.07) is 2.12. The van der Waals surface area contributed by atoms with E-state index in [-0.39, 0.29) is 11.0 Å². The second-order valence-corrected chi connectivity index (χ2v) is 5.64. The topological polar surface area (TPSA) is 59.8 Å². The van der Waals surface area contributed by atoms with E-state index in [4.69, 9.17) is 7.85 Å². The van der Waals surface area contributed by atoms with E-state index in [1.165, 1.54) is 12.8 Å². The highest BCUT2D eigenvalue weighted by Gasteiger charge is 2.17. The number of anilines is 1. The average Bonchev–Trinajstić information content (AvgIpc) is 2.94. The fraction of sp³-hybridized carbons (Fsp3) is 0.533. The van der Waals surface area contributed by atoms with Crippen LogP contribution >= 0.6 is 0 Å². The zero-order valence-electron chi connectivity index (χ0n) is 12.5. The first kappa shape index (κ1) is 14.1. The van der Waals surface area contributed by atoms with Crippen LogP contribution in [0.25, 0.3) is 11.0 Å². The molecule has 0 aromatic carbocycles. The zero-order chi connectivity index (χ0) is 15.0. The summed E-state index contributed by atoms with van der Waals surface area (Å²) in [5, 5.41) is 4.23. The zero-order valence-corrected chi connectivity index (χ0v) is 12.5. The first-order chi connectivity index (χ1) is 10.1. The van der Waals surface area contributed by atoms with Crippen LogP contribution in [0.1, 0.15) is 38.3 Å². The van der Waals surface area contributed by atoms with Crippen LogP contribution in [0.3, 0.4) is 0 Å². The van der Waals surface area contributed by atoms with Crippen molar-refractivity contribution in [3.63, 3.8) is 0 Å². The number of nitrogens with one attached hydrogen (secondary N) is 1. The molecule has 0 amide bonds. The van der Waals surface area contributed by atoms with Crippen LogP contribution in [0, 0.1) is 6.92 Å². The Morgan fingerprint density at radius 1 is 1.38 bits per heavy atom. The number of pyridine rings is 1. The molecular formula is C15H19BN4O. The van der Waals surface area contributed by atoms with Crippen LogP contribution in [0.5, 0.6) is 0 Å². The lowest BCUT2D eigenvalue weighted by atomic mass is 9.96. The molecule has 0 unspecified atom stereocenters. The maximum absolute atomic E-state index is 12.1. The Labute approximate surface area is 125 Å². The second kappa shape index (κ2) is 5.50. The van der Waals surface area contributed by atoms with Gasteiger partial charge < -0.3 is 5.32 Å². The van der Waals surface area contributed by atoms with Gasteiger partial charge in [0.15, 0.2) is 0 Å². The number of hydrogen-bond donors (Lipinski definition) is 1. The van der Waals surface area contributed by atoms with Gasteiger partial charge in [0.25, 0.3) is 0 Å². The molecule has 0 spiro atoms. The minimum absolute atomic E-state index is 0.185. The molecule has 1 aliphatic carbocycles. The van der Waals surface area contributed by atoms with Gasteiger partial charge in [-0.3, -0.25) is 9.36 Å². The lowest BCUT2D eigenvalue weighted by Crippen LogP contribution is -2.35. The SMILES string of the molecule is [B]c1cc2c(C)nc(NC3CCCC3)nc2n(CC)c1=O. The minimum Gasteiger partial charge on any atom is -0.351 e. The molecule has 5 nitrogen and oxygen atoms in total. The van der Waals surface area contributed by atoms with Crippen LogP contribution in [0.4, 0.5) is 5.95 Å². The molecule has 0 bridgehead atoms. The van der Waals surface area contributed by atoms with Gasteiger partial charge in [-0.25, -0.2) is 4.98 Å². The van der Waals surface area contributed by atoms with Gasteiger partial charge in [0, 0.05) is 18.0 Å². The predicted molar refractivity (Wildman–Crippen MR) is 85.5 cm³/mol. The summed E-state index contributed by atoms with van der Waals surface area (Å²) >= 11 is 0. The van der Waals surface area contributed by atoms with E-state index in [0.717, 1.165) is 23.9 Å². The Bertz CT molecular complexity index is 735. The van der Waals surface area contributed by atoms with E-state index < -0.39 is 0 Å². The van der Waals surface area contributed by atoms with E-state index in [0.29, 0.717) is 24.2 Å². The highest BCUT2D eigenvalue weighted by atomic mass is 16.1. The summed E-state index contributed by atoms with van der Waals surface area (Å²) in [5.41, 5.74) is 1.56. The van der Waals surface area contributed by atoms with Crippen LogP contribution in [-0.4, -0.2) is 28.4 Å². The van der Waals surface area contributed by atoms with Crippen molar-refractivity contribution in [1.82, 2.24) is 14.5 Å². The normalized spacial score (nSPS) is 15.7. The largest absolute Gasteiger partial charge is 0.351 e. The van der Waals surface area contributed by atoms with Gasteiger partial charge in [-0.05, 0) is 32.2 Å². The highest BCUT2D eigenvalue weighted by molar-refractivity contribution is 6.32. The van der Waals surface area contributed by atoms with Crippen molar-refractivity contribution < 1.29 is 0 Å². The van der Waals surface area contributed by atoms with Crippen molar-refractivity contribution in [2.75, 3.05) is 5.32 Å². The first-order valence-electron chi connectivity index (χ1n) is 7.54. The van der Waals surface area contributed by atoms with E-state index in [2.05, 4.69) is 15.3 Å². The fourth-order valence-electron chi connectivity index (χ4n) is 3.02. The lowest BCUT2D eigenvalue weighted by molar-refractivity contribution is 0.733. The molecule has 108 valence electrons. The van der Waals surface area contributed by atoms with Gasteiger partial charge in [-0.15, -0.1) is 0 Å². The van der Waals surface area contributed by atoms with Gasteiger partial charge in [0.2, 0.25) is 11.5 Å². The van der Waals surface area contributed by atoms with Crippen molar-refractivity contribution in [3.8, 4) is 0 Å². The Kier molecular flexibility index (Phi) is 3.70. The standard InChI is InChI=1S/C15H19BN4O/c1-3-20-13-11(8-12(16)14(20)21)9(2)17-15(19-13)18-10-6-4-5-7-10/h8,10H,3-7H2,1-2H3,(H,17,18,19). The summed E-state index contributed by atoms with van der Waals surface area (Å²) in [4.78, 5) is 21.2. The molecule has 0 atom stereocenters. The Hall–Kier alpha value is -1.85. The lowest BCUT2D eigenvalue weighted by Gasteiger charge is -2.15. The summed E-state index contributed by atoms with van der Waals surface area (Å²) in [7, 11) is 5.80. The van der Waals surface area contributed by atoms with Gasteiger partial charge in [0.1, 0.15) is 13.5 Å². The van der Waals surface area contributed by atoms with Crippen molar-refractivity contribution in [2.45, 2.75) is 52.1 Å². The number of aromatic nitrogens is 3. The second-order valence-electron chi connectivity index (χ2n) is 5.64. The monoisotopic (exact) mass is 282 g/mol. The van der Waals surface area contributed by atoms with Crippen molar-refractivity contribution in [3.05, 3.63) is 22.1 Å². The van der Waals surface area contributed by atoms with Gasteiger partial charge in [-0.1, -0.05) is 18.9 Å². The fourth-order valence-corrected chi connectivity index (χ4v) is 3.02. The molecule has 2 heterocycles. The molecule has 2 aromatic heterocycles. The van der Waals surface area contributed by atoms with Gasteiger partial charge in [0.05, 0.1) is 5.69 Å². The summed E-state index contributed by atoms with van der Waals surface area (Å²) in [6.45, 7) is 4.38. The molecule has 2 radical (unpaired) electrons. The van der Waals surface area contributed by atoms with E-state index >= 15 is 0 Å². The summed E-state index contributed by atoms with van der Waals surface area (Å²) in [5.74, 6) is 0.610. The van der Waals surface area contributed by atoms with Gasteiger partial charge in [-0.2, -0.15) is 4.98 Å². The van der Waals surface area contributed by atoms with Crippen molar-refractivity contribution in [1.29, 1.82) is 0 Å². The number of aryl methyl sites for hydroxylation is 2. The maximum atomic E-state index is 12.1. The molecule has 21 heavy (non-hydrogen) atoms. The van der Waals surface area contributed by atoms with Crippen LogP contribution in [0.2, 0.25) is 0 Å². The number of nitrogens with zero attached hydrogens (tertiary/aromatic N) is 3. The molecule has 3 rings (SSSR count). The smallest absolute Gasteiger partial charge is 0.245 e. The number of fused-ring (bicyclic) bond motifs is 1. The van der Waals surface area contributed by atoms with Crippen LogP contribution in [-0.2, 0) is 6.54 Å². The van der Waals surface area contributed by atoms with Crippen LogP contribution in [0.15, 0.2) is 10.9 Å².